The fraction of sp³-hybridized carbons (Fsp3) is 0.0588. The van der Waals surface area contributed by atoms with Gasteiger partial charge in [0.2, 0.25) is 0 Å². The Balaban J connectivity index is 1.04. The standard InChI is InChI=1S/C68H43NO2/c1-67(2)53-22-10-5-17-46(53)49-34-33-45(38-57(49)67)69(44-31-29-41(30-32-44)43-28-27-40-15-3-4-16-42(40)37-43)59-39-58-63(62-52-21-9-14-26-61(52)71-66(59)62)64-56(36-35-51-50-20-8-13-25-60(50)70-65(51)64)68(58)54-23-11-6-18-47(54)48-19-7-12-24-55(48)68/h3-39H,1-2H3. The van der Waals surface area contributed by atoms with Crippen LogP contribution in [0.5, 0.6) is 0 Å². The third-order valence-electron chi connectivity index (χ3n) is 16.5. The molecule has 0 unspecified atom stereocenters. The van der Waals surface area contributed by atoms with E-state index in [0.29, 0.717) is 0 Å². The Morgan fingerprint density at radius 2 is 0.930 bits per heavy atom. The predicted octanol–water partition coefficient (Wildman–Crippen LogP) is 18.4. The number of hydrogen-bond donors (Lipinski definition) is 0. The molecule has 2 aromatic heterocycles. The van der Waals surface area contributed by atoms with Crippen LogP contribution in [0.25, 0.3) is 99.2 Å². The SMILES string of the molecule is CC1(C)c2ccccc2-c2ccc(N(c3ccc(-c4ccc5ccccc5c4)cc3)c3cc4c(c5c3oc3ccccc35)-c3c(ccc5c3oc3ccccc35)C43c4ccccc4-c4ccccc43)cc21. The van der Waals surface area contributed by atoms with E-state index in [0.717, 1.165) is 77.6 Å². The van der Waals surface area contributed by atoms with Crippen LogP contribution in [0.2, 0.25) is 0 Å². The Kier molecular flexibility index (Phi) is 7.62. The molecule has 0 fully saturated rings. The van der Waals surface area contributed by atoms with Crippen LogP contribution < -0.4 is 4.90 Å². The van der Waals surface area contributed by atoms with Crippen molar-refractivity contribution in [3.05, 3.63) is 258 Å². The molecule has 3 nitrogen and oxygen atoms in total. The lowest BCUT2D eigenvalue weighted by atomic mass is 9.70. The van der Waals surface area contributed by atoms with E-state index in [1.807, 2.05) is 0 Å². The molecule has 2 heterocycles. The molecular weight excluding hydrogens is 863 g/mol. The molecular formula is C68H43NO2. The van der Waals surface area contributed by atoms with Crippen molar-refractivity contribution in [2.45, 2.75) is 24.7 Å². The lowest BCUT2D eigenvalue weighted by Crippen LogP contribution is -2.26. The van der Waals surface area contributed by atoms with Crippen LogP contribution in [0.1, 0.15) is 47.2 Å². The molecule has 3 aliphatic carbocycles. The van der Waals surface area contributed by atoms with Gasteiger partial charge in [-0.2, -0.15) is 0 Å². The number of furan rings is 2. The van der Waals surface area contributed by atoms with Crippen molar-refractivity contribution in [2.24, 2.45) is 0 Å². The molecule has 0 amide bonds. The summed E-state index contributed by atoms with van der Waals surface area (Å²) in [6.45, 7) is 4.73. The van der Waals surface area contributed by atoms with Gasteiger partial charge >= 0.3 is 0 Å². The zero-order valence-corrected chi connectivity index (χ0v) is 39.1. The molecule has 0 saturated heterocycles. The van der Waals surface area contributed by atoms with E-state index in [9.17, 15) is 0 Å². The van der Waals surface area contributed by atoms with Crippen molar-refractivity contribution >= 4 is 71.7 Å². The molecule has 11 aromatic carbocycles. The third-order valence-corrected chi connectivity index (χ3v) is 16.5. The molecule has 3 heteroatoms. The molecule has 0 radical (unpaired) electrons. The second-order valence-corrected chi connectivity index (χ2v) is 20.3. The average Bonchev–Trinajstić information content (AvgIpc) is 4.20. The van der Waals surface area contributed by atoms with Gasteiger partial charge in [0.15, 0.2) is 5.58 Å². The van der Waals surface area contributed by atoms with Gasteiger partial charge < -0.3 is 13.7 Å². The topological polar surface area (TPSA) is 29.5 Å². The lowest BCUT2D eigenvalue weighted by Gasteiger charge is -2.32. The van der Waals surface area contributed by atoms with Crippen LogP contribution in [-0.4, -0.2) is 0 Å². The van der Waals surface area contributed by atoms with Gasteiger partial charge in [-0.3, -0.25) is 0 Å². The van der Waals surface area contributed by atoms with Gasteiger partial charge in [-0.15, -0.1) is 0 Å². The number of anilines is 3. The van der Waals surface area contributed by atoms with Crippen molar-refractivity contribution in [3.63, 3.8) is 0 Å². The summed E-state index contributed by atoms with van der Waals surface area (Å²) in [5.74, 6) is 0. The van der Waals surface area contributed by atoms with Crippen LogP contribution in [0, 0.1) is 0 Å². The van der Waals surface area contributed by atoms with Crippen LogP contribution in [-0.2, 0) is 10.8 Å². The summed E-state index contributed by atoms with van der Waals surface area (Å²) in [5, 5.41) is 6.86. The van der Waals surface area contributed by atoms with Gasteiger partial charge in [-0.1, -0.05) is 190 Å². The molecule has 13 aromatic rings. The Morgan fingerprint density at radius 1 is 0.352 bits per heavy atom. The van der Waals surface area contributed by atoms with Crippen molar-refractivity contribution in [1.82, 2.24) is 0 Å². The molecule has 1 spiro atoms. The van der Waals surface area contributed by atoms with Crippen molar-refractivity contribution in [1.29, 1.82) is 0 Å². The maximum Gasteiger partial charge on any atom is 0.160 e. The third kappa shape index (κ3) is 5.02. The Bertz CT molecular complexity index is 4400. The highest BCUT2D eigenvalue weighted by Crippen LogP contribution is 2.67. The number of hydrogen-bond acceptors (Lipinski definition) is 3. The van der Waals surface area contributed by atoms with Crippen molar-refractivity contribution < 1.29 is 8.83 Å². The van der Waals surface area contributed by atoms with E-state index in [2.05, 4.69) is 243 Å². The summed E-state index contributed by atoms with van der Waals surface area (Å²) in [7, 11) is 0. The van der Waals surface area contributed by atoms with Gasteiger partial charge in [0, 0.05) is 49.5 Å². The molecule has 71 heavy (non-hydrogen) atoms. The van der Waals surface area contributed by atoms with E-state index in [1.165, 1.54) is 72.0 Å². The molecule has 0 aliphatic heterocycles. The molecule has 0 N–H and O–H groups in total. The quantitative estimate of drug-likeness (QED) is 0.176. The minimum atomic E-state index is -0.667. The molecule has 3 aliphatic rings. The number of para-hydroxylation sites is 2. The lowest BCUT2D eigenvalue weighted by molar-refractivity contribution is 0.660. The fourth-order valence-corrected chi connectivity index (χ4v) is 13.3. The molecule has 0 atom stereocenters. The maximum atomic E-state index is 7.35. The summed E-state index contributed by atoms with van der Waals surface area (Å²) >= 11 is 0. The fourth-order valence-electron chi connectivity index (χ4n) is 13.3. The molecule has 0 bridgehead atoms. The Labute approximate surface area is 410 Å². The summed E-state index contributed by atoms with van der Waals surface area (Å²) in [6.07, 6.45) is 0. The van der Waals surface area contributed by atoms with Crippen molar-refractivity contribution in [2.75, 3.05) is 4.90 Å². The van der Waals surface area contributed by atoms with Gasteiger partial charge in [0.05, 0.1) is 11.1 Å². The second kappa shape index (κ2) is 13.9. The molecule has 0 saturated carbocycles. The summed E-state index contributed by atoms with van der Waals surface area (Å²) in [5.41, 5.74) is 23.1. The zero-order chi connectivity index (χ0) is 46.7. The summed E-state index contributed by atoms with van der Waals surface area (Å²) < 4.78 is 14.5. The van der Waals surface area contributed by atoms with E-state index >= 15 is 0 Å². The highest BCUT2D eigenvalue weighted by Gasteiger charge is 2.54. The van der Waals surface area contributed by atoms with Crippen LogP contribution in [0.4, 0.5) is 17.1 Å². The van der Waals surface area contributed by atoms with Crippen LogP contribution >= 0.6 is 0 Å². The first-order chi connectivity index (χ1) is 35.0. The Hall–Kier alpha value is -8.92. The van der Waals surface area contributed by atoms with E-state index in [1.54, 1.807) is 0 Å². The summed E-state index contributed by atoms with van der Waals surface area (Å²) in [6, 6.07) is 82.9. The van der Waals surface area contributed by atoms with Crippen LogP contribution in [0.15, 0.2) is 233 Å². The Morgan fingerprint density at radius 3 is 1.69 bits per heavy atom. The smallest absolute Gasteiger partial charge is 0.160 e. The molecule has 332 valence electrons. The number of rotatable bonds is 4. The van der Waals surface area contributed by atoms with E-state index in [-0.39, 0.29) is 5.41 Å². The van der Waals surface area contributed by atoms with E-state index in [4.69, 9.17) is 8.83 Å². The van der Waals surface area contributed by atoms with Gasteiger partial charge in [-0.05, 0) is 126 Å². The monoisotopic (exact) mass is 905 g/mol. The summed E-state index contributed by atoms with van der Waals surface area (Å²) in [4.78, 5) is 2.47. The van der Waals surface area contributed by atoms with Crippen LogP contribution in [0.3, 0.4) is 0 Å². The first kappa shape index (κ1) is 39.0. The van der Waals surface area contributed by atoms with Crippen molar-refractivity contribution in [3.8, 4) is 44.5 Å². The first-order valence-corrected chi connectivity index (χ1v) is 24.7. The minimum Gasteiger partial charge on any atom is -0.455 e. The maximum absolute atomic E-state index is 7.35. The average molecular weight is 906 g/mol. The number of nitrogens with zero attached hydrogens (tertiary/aromatic N) is 1. The zero-order valence-electron chi connectivity index (χ0n) is 39.1. The molecule has 16 rings (SSSR count). The first-order valence-electron chi connectivity index (χ1n) is 24.7. The normalized spacial score (nSPS) is 14.3. The number of fused-ring (bicyclic) bond motifs is 22. The van der Waals surface area contributed by atoms with Gasteiger partial charge in [0.25, 0.3) is 0 Å². The predicted molar refractivity (Wildman–Crippen MR) is 292 cm³/mol. The van der Waals surface area contributed by atoms with E-state index < -0.39 is 5.41 Å². The number of benzene rings is 11. The van der Waals surface area contributed by atoms with Gasteiger partial charge in [0.1, 0.15) is 16.7 Å². The largest absolute Gasteiger partial charge is 0.455 e. The highest BCUT2D eigenvalue weighted by molar-refractivity contribution is 6.24. The second-order valence-electron chi connectivity index (χ2n) is 20.3. The minimum absolute atomic E-state index is 0.207. The highest BCUT2D eigenvalue weighted by atomic mass is 16.3. The van der Waals surface area contributed by atoms with Gasteiger partial charge in [-0.25, -0.2) is 0 Å².